The minimum atomic E-state index is -0.279. The van der Waals surface area contributed by atoms with Crippen molar-refractivity contribution >= 4 is 56.5 Å². The van der Waals surface area contributed by atoms with Crippen LogP contribution < -0.4 is 5.32 Å². The molecule has 5 heteroatoms. The molecule has 0 unspecified atom stereocenters. The van der Waals surface area contributed by atoms with Crippen molar-refractivity contribution in [2.75, 3.05) is 5.32 Å². The summed E-state index contributed by atoms with van der Waals surface area (Å²) in [5.74, 6) is -0.279. The number of anilines is 1. The molecule has 0 saturated heterocycles. The van der Waals surface area contributed by atoms with E-state index in [0.29, 0.717) is 26.8 Å². The molecule has 1 N–H and O–H groups in total. The molecule has 0 atom stereocenters. The maximum atomic E-state index is 12.9. The number of benzene rings is 3. The Morgan fingerprint density at radius 3 is 2.60 bits per heavy atom. The Labute approximate surface area is 154 Å². The number of carbonyl (C=O) groups excluding carboxylic acids is 1. The van der Waals surface area contributed by atoms with Gasteiger partial charge in [-0.3, -0.25) is 9.78 Å². The van der Waals surface area contributed by atoms with Crippen LogP contribution in [0.3, 0.4) is 0 Å². The topological polar surface area (TPSA) is 42.0 Å². The second kappa shape index (κ2) is 6.36. The van der Waals surface area contributed by atoms with Crippen molar-refractivity contribution in [3.8, 4) is 0 Å². The van der Waals surface area contributed by atoms with Gasteiger partial charge in [-0.1, -0.05) is 53.5 Å². The summed E-state index contributed by atoms with van der Waals surface area (Å²) in [6.07, 6.45) is 1.68. The Balaban J connectivity index is 1.87. The molecule has 0 aliphatic carbocycles. The molecule has 0 bridgehead atoms. The number of fused-ring (bicyclic) bond motifs is 3. The van der Waals surface area contributed by atoms with Crippen molar-refractivity contribution < 1.29 is 4.79 Å². The summed E-state index contributed by atoms with van der Waals surface area (Å²) in [4.78, 5) is 17.3. The molecular weight excluding hydrogens is 355 g/mol. The van der Waals surface area contributed by atoms with E-state index in [0.717, 1.165) is 16.2 Å². The third kappa shape index (κ3) is 2.93. The van der Waals surface area contributed by atoms with Crippen LogP contribution in [-0.2, 0) is 0 Å². The third-order valence-electron chi connectivity index (χ3n) is 4.03. The lowest BCUT2D eigenvalue weighted by molar-refractivity contribution is 0.102. The van der Waals surface area contributed by atoms with Crippen LogP contribution in [0.5, 0.6) is 0 Å². The number of amides is 1. The Morgan fingerprint density at radius 1 is 0.920 bits per heavy atom. The Morgan fingerprint density at radius 2 is 1.72 bits per heavy atom. The molecule has 0 spiro atoms. The molecule has 0 aliphatic rings. The SMILES string of the molecule is O=C(Nc1cc(Cl)ccc1Cl)c1cc2ccccc2c2cccnc12. The van der Waals surface area contributed by atoms with E-state index in [-0.39, 0.29) is 5.91 Å². The largest absolute Gasteiger partial charge is 0.321 e. The number of pyridine rings is 1. The Bertz CT molecular complexity index is 1130. The number of nitrogens with one attached hydrogen (secondary N) is 1. The van der Waals surface area contributed by atoms with Gasteiger partial charge in [0.25, 0.3) is 5.91 Å². The van der Waals surface area contributed by atoms with Gasteiger partial charge in [0.2, 0.25) is 0 Å². The van der Waals surface area contributed by atoms with Crippen molar-refractivity contribution in [3.63, 3.8) is 0 Å². The number of carbonyl (C=O) groups is 1. The average molecular weight is 367 g/mol. The fourth-order valence-corrected chi connectivity index (χ4v) is 3.22. The Hall–Kier alpha value is -2.62. The van der Waals surface area contributed by atoms with Crippen molar-refractivity contribution in [2.24, 2.45) is 0 Å². The fraction of sp³-hybridized carbons (Fsp3) is 0. The van der Waals surface area contributed by atoms with Crippen LogP contribution in [0.25, 0.3) is 21.7 Å². The Kier molecular flexibility index (Phi) is 4.04. The molecule has 3 aromatic carbocycles. The first-order valence-corrected chi connectivity index (χ1v) is 8.42. The van der Waals surface area contributed by atoms with Gasteiger partial charge in [-0.05, 0) is 41.1 Å². The first-order chi connectivity index (χ1) is 12.1. The van der Waals surface area contributed by atoms with Crippen LogP contribution in [0.1, 0.15) is 10.4 Å². The van der Waals surface area contributed by atoms with Gasteiger partial charge in [-0.15, -0.1) is 0 Å². The van der Waals surface area contributed by atoms with Gasteiger partial charge in [-0.25, -0.2) is 0 Å². The maximum absolute atomic E-state index is 12.9. The summed E-state index contributed by atoms with van der Waals surface area (Å²) in [7, 11) is 0. The van der Waals surface area contributed by atoms with Crippen LogP contribution in [0.4, 0.5) is 5.69 Å². The maximum Gasteiger partial charge on any atom is 0.257 e. The quantitative estimate of drug-likeness (QED) is 0.445. The highest BCUT2D eigenvalue weighted by atomic mass is 35.5. The molecule has 25 heavy (non-hydrogen) atoms. The minimum Gasteiger partial charge on any atom is -0.321 e. The summed E-state index contributed by atoms with van der Waals surface area (Å²) in [6, 6.07) is 18.5. The van der Waals surface area contributed by atoms with Gasteiger partial charge in [0.05, 0.1) is 21.8 Å². The average Bonchev–Trinajstić information content (AvgIpc) is 2.64. The van der Waals surface area contributed by atoms with Gasteiger partial charge in [-0.2, -0.15) is 0 Å². The van der Waals surface area contributed by atoms with E-state index in [9.17, 15) is 4.79 Å². The first-order valence-electron chi connectivity index (χ1n) is 7.66. The molecule has 0 fully saturated rings. The van der Waals surface area contributed by atoms with E-state index in [2.05, 4.69) is 10.3 Å². The molecule has 1 aromatic heterocycles. The lowest BCUT2D eigenvalue weighted by Gasteiger charge is -2.11. The van der Waals surface area contributed by atoms with Crippen LogP contribution in [-0.4, -0.2) is 10.9 Å². The molecular formula is C20H12Cl2N2O. The second-order valence-electron chi connectivity index (χ2n) is 5.62. The van der Waals surface area contributed by atoms with Crippen LogP contribution in [0, 0.1) is 0 Å². The van der Waals surface area contributed by atoms with E-state index in [1.54, 1.807) is 24.4 Å². The monoisotopic (exact) mass is 366 g/mol. The highest BCUT2D eigenvalue weighted by molar-refractivity contribution is 6.36. The van der Waals surface area contributed by atoms with E-state index < -0.39 is 0 Å². The molecule has 3 nitrogen and oxygen atoms in total. The van der Waals surface area contributed by atoms with Gasteiger partial charge in [0, 0.05) is 16.6 Å². The molecule has 1 heterocycles. The van der Waals surface area contributed by atoms with Gasteiger partial charge < -0.3 is 5.32 Å². The molecule has 4 rings (SSSR count). The molecule has 4 aromatic rings. The molecule has 0 aliphatic heterocycles. The standard InChI is InChI=1S/C20H12Cl2N2O/c21-13-7-8-17(22)18(11-13)24-20(25)16-10-12-4-1-2-5-14(12)15-6-3-9-23-19(15)16/h1-11H,(H,24,25). The van der Waals surface area contributed by atoms with Gasteiger partial charge in [0.15, 0.2) is 0 Å². The van der Waals surface area contributed by atoms with E-state index in [1.807, 2.05) is 42.5 Å². The van der Waals surface area contributed by atoms with Gasteiger partial charge in [0.1, 0.15) is 0 Å². The van der Waals surface area contributed by atoms with Crippen LogP contribution in [0.15, 0.2) is 66.9 Å². The van der Waals surface area contributed by atoms with Crippen molar-refractivity contribution in [1.82, 2.24) is 4.98 Å². The lowest BCUT2D eigenvalue weighted by Crippen LogP contribution is -2.13. The summed E-state index contributed by atoms with van der Waals surface area (Å²) < 4.78 is 0. The number of halogens is 2. The van der Waals surface area contributed by atoms with E-state index in [4.69, 9.17) is 23.2 Å². The molecule has 122 valence electrons. The highest BCUT2D eigenvalue weighted by Gasteiger charge is 2.15. The number of hydrogen-bond acceptors (Lipinski definition) is 2. The highest BCUT2D eigenvalue weighted by Crippen LogP contribution is 2.30. The second-order valence-corrected chi connectivity index (χ2v) is 6.47. The summed E-state index contributed by atoms with van der Waals surface area (Å²) in [5, 5.41) is 6.73. The van der Waals surface area contributed by atoms with Crippen molar-refractivity contribution in [1.29, 1.82) is 0 Å². The van der Waals surface area contributed by atoms with E-state index in [1.165, 1.54) is 0 Å². The number of rotatable bonds is 2. The summed E-state index contributed by atoms with van der Waals surface area (Å²) in [5.41, 5.74) is 1.61. The normalized spacial score (nSPS) is 11.0. The van der Waals surface area contributed by atoms with Crippen LogP contribution in [0.2, 0.25) is 10.0 Å². The smallest absolute Gasteiger partial charge is 0.257 e. The van der Waals surface area contributed by atoms with Crippen molar-refractivity contribution in [2.45, 2.75) is 0 Å². The van der Waals surface area contributed by atoms with Gasteiger partial charge >= 0.3 is 0 Å². The molecule has 1 amide bonds. The lowest BCUT2D eigenvalue weighted by atomic mass is 10.0. The minimum absolute atomic E-state index is 0.279. The zero-order valence-corrected chi connectivity index (χ0v) is 14.5. The first kappa shape index (κ1) is 15.9. The number of aromatic nitrogens is 1. The summed E-state index contributed by atoms with van der Waals surface area (Å²) >= 11 is 12.1. The zero-order valence-electron chi connectivity index (χ0n) is 13.0. The van der Waals surface area contributed by atoms with Crippen LogP contribution >= 0.6 is 23.2 Å². The fourth-order valence-electron chi connectivity index (χ4n) is 2.89. The predicted octanol–water partition coefficient (Wildman–Crippen LogP) is 5.95. The zero-order chi connectivity index (χ0) is 17.4. The number of hydrogen-bond donors (Lipinski definition) is 1. The third-order valence-corrected chi connectivity index (χ3v) is 4.60. The number of nitrogens with zero attached hydrogens (tertiary/aromatic N) is 1. The predicted molar refractivity (Wildman–Crippen MR) is 104 cm³/mol. The van der Waals surface area contributed by atoms with E-state index >= 15 is 0 Å². The molecule has 0 saturated carbocycles. The van der Waals surface area contributed by atoms with Crippen molar-refractivity contribution in [3.05, 3.63) is 82.5 Å². The summed E-state index contributed by atoms with van der Waals surface area (Å²) in [6.45, 7) is 0. The molecule has 0 radical (unpaired) electrons.